The summed E-state index contributed by atoms with van der Waals surface area (Å²) in [4.78, 5) is 0. The highest BCUT2D eigenvalue weighted by Crippen LogP contribution is 2.17. The van der Waals surface area contributed by atoms with Gasteiger partial charge < -0.3 is 10.3 Å². The summed E-state index contributed by atoms with van der Waals surface area (Å²) in [7, 11) is 0. The van der Waals surface area contributed by atoms with Crippen molar-refractivity contribution < 1.29 is 13.2 Å². The van der Waals surface area contributed by atoms with Crippen molar-refractivity contribution in [1.29, 1.82) is 0 Å². The molecular weight excluding hydrogens is 169 g/mol. The van der Waals surface area contributed by atoms with Gasteiger partial charge in [-0.25, -0.2) is 0 Å². The van der Waals surface area contributed by atoms with Gasteiger partial charge in [0, 0.05) is 18.9 Å². The standard InChI is InChI=1S/C7H9F3N2/c8-7(9,10)5-12-2-1-6(3-11)4-12/h1-2,4H,3,5,11H2. The molecule has 68 valence electrons. The minimum Gasteiger partial charge on any atom is -0.345 e. The van der Waals surface area contributed by atoms with Gasteiger partial charge in [0.1, 0.15) is 6.54 Å². The van der Waals surface area contributed by atoms with Gasteiger partial charge in [0.05, 0.1) is 0 Å². The van der Waals surface area contributed by atoms with Gasteiger partial charge in [0.15, 0.2) is 0 Å². The maximum atomic E-state index is 11.8. The van der Waals surface area contributed by atoms with Crippen LogP contribution in [0.15, 0.2) is 18.5 Å². The van der Waals surface area contributed by atoms with Crippen LogP contribution in [0.5, 0.6) is 0 Å². The van der Waals surface area contributed by atoms with Gasteiger partial charge in [-0.1, -0.05) is 0 Å². The maximum absolute atomic E-state index is 11.8. The molecule has 0 spiro atoms. The molecule has 0 atom stereocenters. The zero-order valence-corrected chi connectivity index (χ0v) is 6.30. The molecule has 0 aliphatic heterocycles. The number of aromatic nitrogens is 1. The quantitative estimate of drug-likeness (QED) is 0.731. The lowest BCUT2D eigenvalue weighted by atomic mass is 10.3. The Morgan fingerprint density at radius 3 is 2.50 bits per heavy atom. The predicted molar refractivity (Wildman–Crippen MR) is 38.4 cm³/mol. The van der Waals surface area contributed by atoms with Crippen molar-refractivity contribution in [3.05, 3.63) is 24.0 Å². The number of hydrogen-bond acceptors (Lipinski definition) is 1. The average Bonchev–Trinajstić information content (AvgIpc) is 2.32. The van der Waals surface area contributed by atoms with Crippen LogP contribution in [-0.4, -0.2) is 10.7 Å². The second kappa shape index (κ2) is 3.18. The molecule has 0 aliphatic rings. The van der Waals surface area contributed by atoms with Gasteiger partial charge >= 0.3 is 6.18 Å². The number of nitrogens with two attached hydrogens (primary N) is 1. The lowest BCUT2D eigenvalue weighted by molar-refractivity contribution is -0.140. The smallest absolute Gasteiger partial charge is 0.345 e. The summed E-state index contributed by atoms with van der Waals surface area (Å²) >= 11 is 0. The van der Waals surface area contributed by atoms with Crippen molar-refractivity contribution in [1.82, 2.24) is 4.57 Å². The fourth-order valence-corrected chi connectivity index (χ4v) is 0.917. The topological polar surface area (TPSA) is 30.9 Å². The first-order valence-corrected chi connectivity index (χ1v) is 3.43. The van der Waals surface area contributed by atoms with Crippen LogP contribution in [0.1, 0.15) is 5.56 Å². The lowest BCUT2D eigenvalue weighted by Crippen LogP contribution is -2.16. The second-order valence-corrected chi connectivity index (χ2v) is 2.51. The highest BCUT2D eigenvalue weighted by molar-refractivity contribution is 5.09. The molecule has 0 radical (unpaired) electrons. The highest BCUT2D eigenvalue weighted by Gasteiger charge is 2.27. The van der Waals surface area contributed by atoms with Crippen molar-refractivity contribution in [2.75, 3.05) is 0 Å². The molecule has 2 N–H and O–H groups in total. The third-order valence-electron chi connectivity index (χ3n) is 1.41. The molecular formula is C7H9F3N2. The molecule has 1 aromatic heterocycles. The molecule has 0 saturated heterocycles. The van der Waals surface area contributed by atoms with Crippen LogP contribution in [0.4, 0.5) is 13.2 Å². The number of hydrogen-bond donors (Lipinski definition) is 1. The molecule has 2 nitrogen and oxygen atoms in total. The minimum absolute atomic E-state index is 0.269. The number of rotatable bonds is 2. The van der Waals surface area contributed by atoms with Crippen LogP contribution in [-0.2, 0) is 13.1 Å². The summed E-state index contributed by atoms with van der Waals surface area (Å²) in [5, 5.41) is 0. The fraction of sp³-hybridized carbons (Fsp3) is 0.429. The molecule has 1 aromatic rings. The largest absolute Gasteiger partial charge is 0.406 e. The normalized spacial score (nSPS) is 12.0. The molecule has 1 heterocycles. The Bertz CT molecular complexity index is 251. The Hall–Kier alpha value is -0.970. The van der Waals surface area contributed by atoms with Gasteiger partial charge in [-0.05, 0) is 11.6 Å². The third-order valence-corrected chi connectivity index (χ3v) is 1.41. The molecule has 0 aliphatic carbocycles. The molecule has 5 heteroatoms. The second-order valence-electron chi connectivity index (χ2n) is 2.51. The van der Waals surface area contributed by atoms with Gasteiger partial charge in [-0.3, -0.25) is 0 Å². The van der Waals surface area contributed by atoms with E-state index in [1.807, 2.05) is 0 Å². The number of nitrogens with zero attached hydrogens (tertiary/aromatic N) is 1. The maximum Gasteiger partial charge on any atom is 0.406 e. The lowest BCUT2D eigenvalue weighted by Gasteiger charge is -2.06. The summed E-state index contributed by atoms with van der Waals surface area (Å²) in [5.41, 5.74) is 5.94. The molecule has 0 saturated carbocycles. The fourth-order valence-electron chi connectivity index (χ4n) is 0.917. The van der Waals surface area contributed by atoms with Crippen molar-refractivity contribution in [3.63, 3.8) is 0 Å². The third kappa shape index (κ3) is 2.58. The van der Waals surface area contributed by atoms with Gasteiger partial charge in [-0.2, -0.15) is 13.2 Å². The highest BCUT2D eigenvalue weighted by atomic mass is 19.4. The zero-order valence-electron chi connectivity index (χ0n) is 6.30. The van der Waals surface area contributed by atoms with Crippen molar-refractivity contribution in [3.8, 4) is 0 Å². The van der Waals surface area contributed by atoms with E-state index < -0.39 is 12.7 Å². The summed E-state index contributed by atoms with van der Waals surface area (Å²) in [6.45, 7) is -0.683. The average molecular weight is 178 g/mol. The van der Waals surface area contributed by atoms with Crippen molar-refractivity contribution >= 4 is 0 Å². The Morgan fingerprint density at radius 1 is 1.42 bits per heavy atom. The van der Waals surface area contributed by atoms with E-state index in [0.717, 1.165) is 4.57 Å². The van der Waals surface area contributed by atoms with E-state index in [-0.39, 0.29) is 6.54 Å². The number of halogens is 3. The Labute approximate surface area is 67.8 Å². The summed E-state index contributed by atoms with van der Waals surface area (Å²) in [6, 6.07) is 1.58. The van der Waals surface area contributed by atoms with E-state index in [9.17, 15) is 13.2 Å². The van der Waals surface area contributed by atoms with Gasteiger partial charge in [0.25, 0.3) is 0 Å². The van der Waals surface area contributed by atoms with Crippen LogP contribution >= 0.6 is 0 Å². The minimum atomic E-state index is -4.16. The first-order valence-electron chi connectivity index (χ1n) is 3.43. The molecule has 0 aromatic carbocycles. The zero-order chi connectivity index (χ0) is 9.19. The summed E-state index contributed by atoms with van der Waals surface area (Å²) in [5.74, 6) is 0. The van der Waals surface area contributed by atoms with Crippen LogP contribution in [0.2, 0.25) is 0 Å². The van der Waals surface area contributed by atoms with E-state index in [1.165, 1.54) is 12.4 Å². The number of alkyl halides is 3. The molecule has 0 fully saturated rings. The van der Waals surface area contributed by atoms with Crippen LogP contribution in [0.25, 0.3) is 0 Å². The van der Waals surface area contributed by atoms with E-state index in [0.29, 0.717) is 5.56 Å². The summed E-state index contributed by atoms with van der Waals surface area (Å²) < 4.78 is 36.5. The van der Waals surface area contributed by atoms with Crippen LogP contribution < -0.4 is 5.73 Å². The van der Waals surface area contributed by atoms with Crippen molar-refractivity contribution in [2.24, 2.45) is 5.73 Å². The Kier molecular flexibility index (Phi) is 2.42. The van der Waals surface area contributed by atoms with Gasteiger partial charge in [0.2, 0.25) is 0 Å². The first-order chi connectivity index (χ1) is 5.51. The molecule has 0 amide bonds. The molecule has 1 rings (SSSR count). The van der Waals surface area contributed by atoms with E-state index in [1.54, 1.807) is 6.07 Å². The van der Waals surface area contributed by atoms with E-state index >= 15 is 0 Å². The molecule has 0 unspecified atom stereocenters. The van der Waals surface area contributed by atoms with E-state index in [4.69, 9.17) is 5.73 Å². The van der Waals surface area contributed by atoms with E-state index in [2.05, 4.69) is 0 Å². The molecule has 12 heavy (non-hydrogen) atoms. The van der Waals surface area contributed by atoms with Gasteiger partial charge in [-0.15, -0.1) is 0 Å². The molecule has 0 bridgehead atoms. The Morgan fingerprint density at radius 2 is 2.08 bits per heavy atom. The van der Waals surface area contributed by atoms with Crippen LogP contribution in [0.3, 0.4) is 0 Å². The summed E-state index contributed by atoms with van der Waals surface area (Å²) in [6.07, 6.45) is -1.39. The first kappa shape index (κ1) is 9.12. The predicted octanol–water partition coefficient (Wildman–Crippen LogP) is 1.51. The SMILES string of the molecule is NCc1ccn(CC(F)(F)F)c1. The Balaban J connectivity index is 2.64. The van der Waals surface area contributed by atoms with Crippen LogP contribution in [0, 0.1) is 0 Å². The van der Waals surface area contributed by atoms with Crippen molar-refractivity contribution in [2.45, 2.75) is 19.3 Å². The monoisotopic (exact) mass is 178 g/mol.